The molecule has 11 aromatic carbocycles. The first-order valence-corrected chi connectivity index (χ1v) is 25.0. The van der Waals surface area contributed by atoms with Crippen LogP contribution in [0.3, 0.4) is 0 Å². The summed E-state index contributed by atoms with van der Waals surface area (Å²) in [5.41, 5.74) is 19.8. The summed E-state index contributed by atoms with van der Waals surface area (Å²) in [5, 5.41) is 16.3. The van der Waals surface area contributed by atoms with Gasteiger partial charge in [0.15, 0.2) is 0 Å². The predicted octanol–water partition coefficient (Wildman–Crippen LogP) is 19.3. The molecule has 2 saturated carbocycles. The summed E-state index contributed by atoms with van der Waals surface area (Å²) >= 11 is 0. The van der Waals surface area contributed by atoms with E-state index in [2.05, 4.69) is 170 Å². The van der Waals surface area contributed by atoms with Crippen LogP contribution in [0, 0.1) is 0 Å². The lowest BCUT2D eigenvalue weighted by Crippen LogP contribution is -2.07. The van der Waals surface area contributed by atoms with Crippen molar-refractivity contribution in [1.29, 1.82) is 0 Å². The highest BCUT2D eigenvalue weighted by molar-refractivity contribution is 6.35. The first-order valence-electron chi connectivity index (χ1n) is 25.0. The Morgan fingerprint density at radius 2 is 0.742 bits per heavy atom. The molecular weight excluding hydrogens is 793 g/mol. The van der Waals surface area contributed by atoms with Crippen LogP contribution in [-0.2, 0) is 0 Å². The van der Waals surface area contributed by atoms with Crippen LogP contribution in [0.4, 0.5) is 0 Å². The second-order valence-electron chi connectivity index (χ2n) is 20.2. The highest BCUT2D eigenvalue weighted by atomic mass is 14.4. The van der Waals surface area contributed by atoms with E-state index < -0.39 is 0 Å². The average Bonchev–Trinajstić information content (AvgIpc) is 3.88. The molecule has 15 rings (SSSR count). The number of benzene rings is 11. The standard InChI is InChI=1S/C66H50/c1-3-16-39(17-4-1)44-23-9-11-26-49(44)62-55-35-34-47-53(33-32-43-36-57-51-28-13-21-41-22-14-29-52(60(41)51)58(57)38-56(43)47)63(55)64(50-27-12-10-24-45(50)40-18-5-2-6-19-40)65-54-31-15-30-48-46-25-8-7-20-42(46)37-59(61(48)54)66(62)65/h7-15,20-40H,1-6,16-19H2. The molecule has 0 heterocycles. The van der Waals surface area contributed by atoms with Gasteiger partial charge in [0.25, 0.3) is 0 Å². The smallest absolute Gasteiger partial charge is 0.000708 e. The van der Waals surface area contributed by atoms with Crippen LogP contribution < -0.4 is 0 Å². The Balaban J connectivity index is 1.14. The zero-order valence-electron chi connectivity index (χ0n) is 37.4. The van der Waals surface area contributed by atoms with Crippen molar-refractivity contribution in [3.8, 4) is 66.8 Å². The molecule has 11 aromatic rings. The maximum Gasteiger partial charge on any atom is -0.000708 e. The second-order valence-corrected chi connectivity index (χ2v) is 20.2. The fraction of sp³-hybridized carbons (Fsp3) is 0.182. The first kappa shape index (κ1) is 37.2. The molecule has 0 radical (unpaired) electrons. The second kappa shape index (κ2) is 14.2. The van der Waals surface area contributed by atoms with Crippen molar-refractivity contribution in [1.82, 2.24) is 0 Å². The van der Waals surface area contributed by atoms with E-state index in [1.54, 1.807) is 0 Å². The molecule has 0 bridgehead atoms. The van der Waals surface area contributed by atoms with Crippen LogP contribution in [-0.4, -0.2) is 0 Å². The Labute approximate surface area is 386 Å². The van der Waals surface area contributed by atoms with Crippen molar-refractivity contribution < 1.29 is 0 Å². The fourth-order valence-corrected chi connectivity index (χ4v) is 14.1. The van der Waals surface area contributed by atoms with Gasteiger partial charge in [-0.15, -0.1) is 0 Å². The van der Waals surface area contributed by atoms with E-state index in [9.17, 15) is 0 Å². The molecule has 0 amide bonds. The van der Waals surface area contributed by atoms with E-state index in [0.717, 1.165) is 0 Å². The van der Waals surface area contributed by atoms with Crippen molar-refractivity contribution in [2.45, 2.75) is 76.0 Å². The SMILES string of the molecule is c1ccc(C2CCCCC2)c(-c2c3c(c(-c4ccccc4C4CCCCC4)c4c2ccc2c5cc6c(cc5ccc24)-c2cccc4cccc-6c24)-c2cccc4c2c-3cc2ccccc24)c1. The van der Waals surface area contributed by atoms with Gasteiger partial charge in [0, 0.05) is 0 Å². The monoisotopic (exact) mass is 842 g/mol. The molecule has 0 atom stereocenters. The van der Waals surface area contributed by atoms with Gasteiger partial charge in [-0.25, -0.2) is 0 Å². The van der Waals surface area contributed by atoms with Crippen molar-refractivity contribution in [2.75, 3.05) is 0 Å². The van der Waals surface area contributed by atoms with Crippen LogP contribution in [0.15, 0.2) is 170 Å². The third-order valence-electron chi connectivity index (χ3n) is 16.9. The summed E-state index contributed by atoms with van der Waals surface area (Å²) < 4.78 is 0. The average molecular weight is 843 g/mol. The van der Waals surface area contributed by atoms with Gasteiger partial charge in [0.05, 0.1) is 0 Å². The molecule has 0 nitrogen and oxygen atoms in total. The van der Waals surface area contributed by atoms with Crippen molar-refractivity contribution >= 4 is 64.6 Å². The van der Waals surface area contributed by atoms with Gasteiger partial charge in [-0.05, 0) is 198 Å². The van der Waals surface area contributed by atoms with E-state index in [1.807, 2.05) is 0 Å². The van der Waals surface area contributed by atoms with Crippen LogP contribution >= 0.6 is 0 Å². The molecule has 314 valence electrons. The predicted molar refractivity (Wildman–Crippen MR) is 283 cm³/mol. The third-order valence-corrected chi connectivity index (χ3v) is 16.9. The van der Waals surface area contributed by atoms with Crippen LogP contribution in [0.2, 0.25) is 0 Å². The minimum absolute atomic E-state index is 0.553. The molecule has 0 N–H and O–H groups in total. The minimum atomic E-state index is 0.553. The molecule has 0 spiro atoms. The molecule has 0 unspecified atom stereocenters. The van der Waals surface area contributed by atoms with Crippen molar-refractivity contribution in [3.63, 3.8) is 0 Å². The molecular formula is C66H50. The van der Waals surface area contributed by atoms with Crippen molar-refractivity contribution in [2.24, 2.45) is 0 Å². The topological polar surface area (TPSA) is 0 Å². The molecule has 4 aliphatic carbocycles. The Hall–Kier alpha value is -7.02. The molecule has 0 aromatic heterocycles. The lowest BCUT2D eigenvalue weighted by Gasteiger charge is -2.29. The van der Waals surface area contributed by atoms with E-state index in [4.69, 9.17) is 0 Å². The molecule has 0 heteroatoms. The van der Waals surface area contributed by atoms with Gasteiger partial charge >= 0.3 is 0 Å². The first-order chi connectivity index (χ1) is 32.8. The lowest BCUT2D eigenvalue weighted by molar-refractivity contribution is 0.444. The van der Waals surface area contributed by atoms with Crippen molar-refractivity contribution in [3.05, 3.63) is 181 Å². The fourth-order valence-electron chi connectivity index (χ4n) is 14.1. The Morgan fingerprint density at radius 3 is 1.48 bits per heavy atom. The van der Waals surface area contributed by atoms with Gasteiger partial charge in [0.2, 0.25) is 0 Å². The maximum atomic E-state index is 2.56. The normalized spacial score (nSPS) is 15.8. The molecule has 66 heavy (non-hydrogen) atoms. The van der Waals surface area contributed by atoms with E-state index in [1.165, 1.54) is 207 Å². The zero-order valence-corrected chi connectivity index (χ0v) is 37.4. The number of hydrogen-bond donors (Lipinski definition) is 0. The van der Waals surface area contributed by atoms with Gasteiger partial charge in [0.1, 0.15) is 0 Å². The number of hydrogen-bond acceptors (Lipinski definition) is 0. The van der Waals surface area contributed by atoms with Crippen LogP contribution in [0.25, 0.3) is 131 Å². The summed E-state index contributed by atoms with van der Waals surface area (Å²) in [5.74, 6) is 1.12. The van der Waals surface area contributed by atoms with Crippen LogP contribution in [0.5, 0.6) is 0 Å². The molecule has 2 fully saturated rings. The van der Waals surface area contributed by atoms with Gasteiger partial charge < -0.3 is 0 Å². The number of rotatable bonds is 4. The summed E-state index contributed by atoms with van der Waals surface area (Å²) in [7, 11) is 0. The Morgan fingerprint density at radius 1 is 0.242 bits per heavy atom. The largest absolute Gasteiger partial charge is 0.0619 e. The van der Waals surface area contributed by atoms with Crippen LogP contribution in [0.1, 0.15) is 87.2 Å². The Bertz CT molecular complexity index is 3880. The highest BCUT2D eigenvalue weighted by Crippen LogP contribution is 2.61. The Kier molecular flexibility index (Phi) is 8.03. The lowest BCUT2D eigenvalue weighted by atomic mass is 9.74. The summed E-state index contributed by atoms with van der Waals surface area (Å²) in [6, 6.07) is 66.8. The quantitative estimate of drug-likeness (QED) is 0.155. The van der Waals surface area contributed by atoms with Gasteiger partial charge in [-0.2, -0.15) is 0 Å². The highest BCUT2D eigenvalue weighted by Gasteiger charge is 2.35. The number of fused-ring (bicyclic) bond motifs is 13. The molecule has 4 aliphatic rings. The zero-order chi connectivity index (χ0) is 43.0. The molecule has 0 saturated heterocycles. The summed E-state index contributed by atoms with van der Waals surface area (Å²) in [6.07, 6.45) is 13.0. The van der Waals surface area contributed by atoms with Gasteiger partial charge in [-0.3, -0.25) is 0 Å². The maximum absolute atomic E-state index is 2.56. The minimum Gasteiger partial charge on any atom is -0.0619 e. The summed E-state index contributed by atoms with van der Waals surface area (Å²) in [4.78, 5) is 0. The van der Waals surface area contributed by atoms with E-state index >= 15 is 0 Å². The van der Waals surface area contributed by atoms with E-state index in [0.29, 0.717) is 11.8 Å². The summed E-state index contributed by atoms with van der Waals surface area (Å²) in [6.45, 7) is 0. The van der Waals surface area contributed by atoms with Gasteiger partial charge in [-0.1, -0.05) is 190 Å². The molecule has 0 aliphatic heterocycles. The van der Waals surface area contributed by atoms with E-state index in [-0.39, 0.29) is 0 Å². The third kappa shape index (κ3) is 5.16.